The van der Waals surface area contributed by atoms with E-state index in [1.54, 1.807) is 22.5 Å². The number of fused-ring (bicyclic) bond motifs is 1. The van der Waals surface area contributed by atoms with Crippen LogP contribution < -0.4 is 5.32 Å². The van der Waals surface area contributed by atoms with Gasteiger partial charge in [-0.3, -0.25) is 4.79 Å². The van der Waals surface area contributed by atoms with Crippen molar-refractivity contribution in [2.45, 2.75) is 50.0 Å². The zero-order valence-corrected chi connectivity index (χ0v) is 20.9. The molecule has 0 saturated carbocycles. The van der Waals surface area contributed by atoms with Crippen molar-refractivity contribution in [3.63, 3.8) is 0 Å². The lowest BCUT2D eigenvalue weighted by molar-refractivity contribution is -0.113. The molecule has 33 heavy (non-hydrogen) atoms. The zero-order chi connectivity index (χ0) is 23.6. The monoisotopic (exact) mass is 483 g/mol. The van der Waals surface area contributed by atoms with Crippen LogP contribution in [0.1, 0.15) is 36.0 Å². The number of hydrogen-bond acceptors (Lipinski definition) is 5. The van der Waals surface area contributed by atoms with Crippen molar-refractivity contribution in [1.29, 1.82) is 0 Å². The van der Waals surface area contributed by atoms with Crippen molar-refractivity contribution in [3.05, 3.63) is 59.2 Å². The summed E-state index contributed by atoms with van der Waals surface area (Å²) in [6.45, 7) is 7.06. The van der Waals surface area contributed by atoms with Gasteiger partial charge in [-0.1, -0.05) is 36.4 Å². The van der Waals surface area contributed by atoms with Crippen LogP contribution in [0.25, 0.3) is 10.9 Å². The van der Waals surface area contributed by atoms with Crippen molar-refractivity contribution in [1.82, 2.24) is 9.29 Å². The van der Waals surface area contributed by atoms with Gasteiger partial charge < -0.3 is 5.32 Å². The highest BCUT2D eigenvalue weighted by molar-refractivity contribution is 7.99. The molecule has 4 rings (SSSR count). The van der Waals surface area contributed by atoms with Gasteiger partial charge in [-0.2, -0.15) is 4.31 Å². The van der Waals surface area contributed by atoms with Gasteiger partial charge in [0, 0.05) is 24.2 Å². The first kappa shape index (κ1) is 23.7. The first-order valence-electron chi connectivity index (χ1n) is 11.2. The highest BCUT2D eigenvalue weighted by atomic mass is 32.2. The Labute approximate surface area is 199 Å². The van der Waals surface area contributed by atoms with Gasteiger partial charge in [-0.25, -0.2) is 13.4 Å². The van der Waals surface area contributed by atoms with Gasteiger partial charge in [-0.15, -0.1) is 0 Å². The third-order valence-corrected chi connectivity index (χ3v) is 8.82. The largest absolute Gasteiger partial charge is 0.325 e. The Morgan fingerprint density at radius 1 is 1.00 bits per heavy atom. The number of hydrogen-bond donors (Lipinski definition) is 1. The van der Waals surface area contributed by atoms with E-state index >= 15 is 0 Å². The van der Waals surface area contributed by atoms with E-state index in [0.29, 0.717) is 18.0 Å². The number of sulfonamides is 1. The molecule has 2 aromatic carbocycles. The smallest absolute Gasteiger partial charge is 0.243 e. The molecule has 0 aliphatic carbocycles. The summed E-state index contributed by atoms with van der Waals surface area (Å²) >= 11 is 1.37. The van der Waals surface area contributed by atoms with Crippen LogP contribution in [0.15, 0.2) is 52.4 Å². The molecule has 6 nitrogen and oxygen atoms in total. The summed E-state index contributed by atoms with van der Waals surface area (Å²) < 4.78 is 27.7. The maximum Gasteiger partial charge on any atom is 0.243 e. The van der Waals surface area contributed by atoms with Crippen LogP contribution in [-0.4, -0.2) is 42.5 Å². The molecule has 1 amide bonds. The number of amides is 1. The van der Waals surface area contributed by atoms with Crippen molar-refractivity contribution in [3.8, 4) is 0 Å². The second-order valence-corrected chi connectivity index (χ2v) is 11.5. The average Bonchev–Trinajstić information content (AvgIpc) is 2.80. The van der Waals surface area contributed by atoms with Crippen molar-refractivity contribution < 1.29 is 13.2 Å². The number of nitrogens with zero attached hydrogens (tertiary/aromatic N) is 2. The number of para-hydroxylation sites is 1. The Balaban J connectivity index is 1.50. The Morgan fingerprint density at radius 2 is 1.70 bits per heavy atom. The molecule has 1 saturated heterocycles. The highest BCUT2D eigenvalue weighted by Gasteiger charge is 2.26. The summed E-state index contributed by atoms with van der Waals surface area (Å²) in [6.07, 6.45) is 2.89. The van der Waals surface area contributed by atoms with E-state index in [1.807, 2.05) is 45.0 Å². The lowest BCUT2D eigenvalue weighted by Gasteiger charge is -2.26. The number of benzene rings is 2. The van der Waals surface area contributed by atoms with E-state index in [1.165, 1.54) is 11.8 Å². The van der Waals surface area contributed by atoms with E-state index < -0.39 is 10.0 Å². The molecule has 174 valence electrons. The number of thioether (sulfide) groups is 1. The number of aromatic nitrogens is 1. The predicted molar refractivity (Wildman–Crippen MR) is 134 cm³/mol. The van der Waals surface area contributed by atoms with E-state index in [4.69, 9.17) is 0 Å². The van der Waals surface area contributed by atoms with Crippen LogP contribution in [-0.2, 0) is 14.8 Å². The number of carbonyl (C=O) groups excluding carboxylic acids is 1. The van der Waals surface area contributed by atoms with E-state index in [-0.39, 0.29) is 11.7 Å². The summed E-state index contributed by atoms with van der Waals surface area (Å²) in [5, 5.41) is 4.55. The van der Waals surface area contributed by atoms with Gasteiger partial charge in [-0.05, 0) is 74.6 Å². The van der Waals surface area contributed by atoms with Gasteiger partial charge in [0.1, 0.15) is 0 Å². The molecule has 0 spiro atoms. The number of nitrogens with one attached hydrogen (secondary N) is 1. The van der Waals surface area contributed by atoms with Crippen LogP contribution >= 0.6 is 11.8 Å². The minimum Gasteiger partial charge on any atom is -0.325 e. The average molecular weight is 484 g/mol. The fourth-order valence-electron chi connectivity index (χ4n) is 4.16. The van der Waals surface area contributed by atoms with Gasteiger partial charge in [0.05, 0.1) is 21.2 Å². The summed E-state index contributed by atoms with van der Waals surface area (Å²) in [7, 11) is -3.49. The second-order valence-electron chi connectivity index (χ2n) is 8.52. The van der Waals surface area contributed by atoms with E-state index in [9.17, 15) is 13.2 Å². The molecule has 1 fully saturated rings. The number of carbonyl (C=O) groups is 1. The summed E-state index contributed by atoms with van der Waals surface area (Å²) in [6, 6.07) is 13.0. The van der Waals surface area contributed by atoms with Gasteiger partial charge >= 0.3 is 0 Å². The second kappa shape index (κ2) is 9.83. The van der Waals surface area contributed by atoms with E-state index in [2.05, 4.69) is 10.3 Å². The fraction of sp³-hybridized carbons (Fsp3) is 0.360. The lowest BCUT2D eigenvalue weighted by atomic mass is 10.1. The zero-order valence-electron chi connectivity index (χ0n) is 19.2. The number of rotatable bonds is 6. The third kappa shape index (κ3) is 5.23. The van der Waals surface area contributed by atoms with Gasteiger partial charge in [0.2, 0.25) is 15.9 Å². The third-order valence-electron chi connectivity index (χ3n) is 6.01. The summed E-state index contributed by atoms with van der Waals surface area (Å²) in [5.74, 6) is 0.160. The van der Waals surface area contributed by atoms with Crippen molar-refractivity contribution >= 4 is 44.3 Å². The molecule has 8 heteroatoms. The molecule has 2 heterocycles. The molecule has 1 N–H and O–H groups in total. The number of anilines is 1. The summed E-state index contributed by atoms with van der Waals surface area (Å²) in [5.41, 5.74) is 4.58. The molecular weight excluding hydrogens is 454 g/mol. The standard InChI is InChI=1S/C25H29N3O3S2/c1-17-8-7-9-18(2)25(17)27-23(29)16-32-24-14-19(3)21-15-20(10-11-22(21)26-24)33(30,31)28-12-5-4-6-13-28/h7-11,14-15H,4-6,12-13,16H2,1-3H3,(H,27,29). The van der Waals surface area contributed by atoms with Crippen molar-refractivity contribution in [2.24, 2.45) is 0 Å². The molecule has 0 atom stereocenters. The van der Waals surface area contributed by atoms with Gasteiger partial charge in [0.25, 0.3) is 0 Å². The number of piperidine rings is 1. The van der Waals surface area contributed by atoms with Crippen LogP contribution in [0.3, 0.4) is 0 Å². The molecule has 3 aromatic rings. The SMILES string of the molecule is Cc1cccc(C)c1NC(=O)CSc1cc(C)c2cc(S(=O)(=O)N3CCCCC3)ccc2n1. The highest BCUT2D eigenvalue weighted by Crippen LogP contribution is 2.28. The summed E-state index contributed by atoms with van der Waals surface area (Å²) in [4.78, 5) is 17.5. The predicted octanol–water partition coefficient (Wildman–Crippen LogP) is 5.07. The first-order chi connectivity index (χ1) is 15.8. The fourth-order valence-corrected chi connectivity index (χ4v) is 6.48. The molecule has 0 unspecified atom stereocenters. The van der Waals surface area contributed by atoms with Crippen LogP contribution in [0.4, 0.5) is 5.69 Å². The Kier molecular flexibility index (Phi) is 7.07. The Hall–Kier alpha value is -2.42. The first-order valence-corrected chi connectivity index (χ1v) is 13.6. The lowest BCUT2D eigenvalue weighted by Crippen LogP contribution is -2.35. The number of aryl methyl sites for hydroxylation is 3. The minimum atomic E-state index is -3.49. The minimum absolute atomic E-state index is 0.0834. The molecule has 1 aliphatic rings. The van der Waals surface area contributed by atoms with Gasteiger partial charge in [0.15, 0.2) is 0 Å². The number of pyridine rings is 1. The molecule has 0 radical (unpaired) electrons. The molecule has 1 aromatic heterocycles. The quantitative estimate of drug-likeness (QED) is 0.496. The van der Waals surface area contributed by atoms with Crippen LogP contribution in [0, 0.1) is 20.8 Å². The maximum absolute atomic E-state index is 13.0. The molecule has 1 aliphatic heterocycles. The molecule has 0 bridgehead atoms. The normalized spacial score (nSPS) is 15.0. The van der Waals surface area contributed by atoms with Crippen molar-refractivity contribution in [2.75, 3.05) is 24.2 Å². The van der Waals surface area contributed by atoms with Crippen LogP contribution in [0.5, 0.6) is 0 Å². The van der Waals surface area contributed by atoms with E-state index in [0.717, 1.165) is 57.6 Å². The Morgan fingerprint density at radius 3 is 2.39 bits per heavy atom. The van der Waals surface area contributed by atoms with Crippen LogP contribution in [0.2, 0.25) is 0 Å². The molecular formula is C25H29N3O3S2. The topological polar surface area (TPSA) is 79.4 Å². The maximum atomic E-state index is 13.0. The Bertz CT molecular complexity index is 1280.